The molecule has 3 heterocycles. The van der Waals surface area contributed by atoms with E-state index < -0.39 is 0 Å². The lowest BCUT2D eigenvalue weighted by Crippen LogP contribution is -2.27. The van der Waals surface area contributed by atoms with Gasteiger partial charge in [-0.3, -0.25) is 0 Å². The summed E-state index contributed by atoms with van der Waals surface area (Å²) in [5.41, 5.74) is 2.22. The fourth-order valence-electron chi connectivity index (χ4n) is 3.36. The summed E-state index contributed by atoms with van der Waals surface area (Å²) < 4.78 is 5.71. The number of hydrogen-bond acceptors (Lipinski definition) is 5. The van der Waals surface area contributed by atoms with Crippen molar-refractivity contribution in [2.45, 2.75) is 31.8 Å². The van der Waals surface area contributed by atoms with Gasteiger partial charge in [0.2, 0.25) is 5.95 Å². The van der Waals surface area contributed by atoms with Crippen LogP contribution in [0.1, 0.15) is 36.4 Å². The summed E-state index contributed by atoms with van der Waals surface area (Å²) in [7, 11) is 0. The third-order valence-electron chi connectivity index (χ3n) is 4.66. The van der Waals surface area contributed by atoms with Crippen LogP contribution >= 0.6 is 11.6 Å². The van der Waals surface area contributed by atoms with Crippen LogP contribution in [0, 0.1) is 0 Å². The van der Waals surface area contributed by atoms with Gasteiger partial charge in [0.25, 0.3) is 0 Å². The van der Waals surface area contributed by atoms with E-state index in [1.54, 1.807) is 0 Å². The molecule has 2 aliphatic rings. The van der Waals surface area contributed by atoms with Crippen molar-refractivity contribution in [3.05, 3.63) is 46.7 Å². The van der Waals surface area contributed by atoms with Gasteiger partial charge in [-0.2, -0.15) is 0 Å². The zero-order valence-electron chi connectivity index (χ0n) is 13.5. The second-order valence-electron chi connectivity index (χ2n) is 6.31. The molecule has 1 aromatic heterocycles. The van der Waals surface area contributed by atoms with Crippen molar-refractivity contribution in [3.8, 4) is 5.75 Å². The minimum Gasteiger partial charge on any atom is -0.492 e. The average Bonchev–Trinajstić information content (AvgIpc) is 3.15. The molecule has 0 aliphatic carbocycles. The van der Waals surface area contributed by atoms with Crippen LogP contribution < -0.4 is 15.0 Å². The normalized spacial score (nSPS) is 19.9. The zero-order valence-corrected chi connectivity index (χ0v) is 14.3. The number of para-hydroxylation sites is 1. The van der Waals surface area contributed by atoms with Gasteiger partial charge < -0.3 is 15.0 Å². The number of ether oxygens (including phenoxy) is 1. The van der Waals surface area contributed by atoms with Crippen molar-refractivity contribution in [3.63, 3.8) is 0 Å². The number of hydrogen-bond donors (Lipinski definition) is 1. The number of nitrogens with zero attached hydrogens (tertiary/aromatic N) is 3. The van der Waals surface area contributed by atoms with Gasteiger partial charge in [-0.15, -0.1) is 0 Å². The van der Waals surface area contributed by atoms with Gasteiger partial charge in [-0.1, -0.05) is 23.7 Å². The van der Waals surface area contributed by atoms with Crippen LogP contribution in [0.25, 0.3) is 0 Å². The molecule has 6 heteroatoms. The third kappa shape index (κ3) is 3.19. The van der Waals surface area contributed by atoms with E-state index in [4.69, 9.17) is 16.3 Å². The monoisotopic (exact) mass is 344 g/mol. The second-order valence-corrected chi connectivity index (χ2v) is 6.72. The first kappa shape index (κ1) is 15.7. The molecule has 0 unspecified atom stereocenters. The Morgan fingerprint density at radius 3 is 2.79 bits per heavy atom. The van der Waals surface area contributed by atoms with Crippen LogP contribution in [0.5, 0.6) is 5.75 Å². The van der Waals surface area contributed by atoms with Crippen LogP contribution in [-0.4, -0.2) is 29.7 Å². The predicted molar refractivity (Wildman–Crippen MR) is 94.6 cm³/mol. The first-order valence-electron chi connectivity index (χ1n) is 8.52. The Hall–Kier alpha value is -1.85. The highest BCUT2D eigenvalue weighted by Crippen LogP contribution is 2.37. The van der Waals surface area contributed by atoms with Crippen LogP contribution in [0.15, 0.2) is 30.6 Å². The molecule has 2 aromatic rings. The van der Waals surface area contributed by atoms with Gasteiger partial charge in [0.1, 0.15) is 5.75 Å². The van der Waals surface area contributed by atoms with Crippen molar-refractivity contribution in [1.82, 2.24) is 15.3 Å². The highest BCUT2D eigenvalue weighted by atomic mass is 35.5. The number of halogens is 1. The lowest BCUT2D eigenvalue weighted by molar-refractivity contribution is 0.252. The van der Waals surface area contributed by atoms with E-state index in [2.05, 4.69) is 26.3 Å². The fourth-order valence-corrected chi connectivity index (χ4v) is 3.60. The van der Waals surface area contributed by atoms with Crippen LogP contribution in [0.4, 0.5) is 5.95 Å². The quantitative estimate of drug-likeness (QED) is 0.921. The van der Waals surface area contributed by atoms with Crippen molar-refractivity contribution < 1.29 is 4.74 Å². The van der Waals surface area contributed by atoms with Crippen LogP contribution in [-0.2, 0) is 6.54 Å². The maximum Gasteiger partial charge on any atom is 0.225 e. The summed E-state index contributed by atoms with van der Waals surface area (Å²) in [6.45, 7) is 3.55. The summed E-state index contributed by atoms with van der Waals surface area (Å²) in [5, 5.41) is 4.26. The molecule has 1 fully saturated rings. The maximum absolute atomic E-state index is 6.23. The minimum absolute atomic E-state index is 0.241. The highest BCUT2D eigenvalue weighted by molar-refractivity contribution is 6.32. The number of fused-ring (bicyclic) bond motifs is 1. The largest absolute Gasteiger partial charge is 0.492 e. The summed E-state index contributed by atoms with van der Waals surface area (Å²) in [6, 6.07) is 6.16. The smallest absolute Gasteiger partial charge is 0.225 e. The Bertz CT molecular complexity index is 701. The van der Waals surface area contributed by atoms with E-state index >= 15 is 0 Å². The van der Waals surface area contributed by atoms with Gasteiger partial charge in [-0.05, 0) is 18.9 Å². The number of nitrogens with one attached hydrogen (secondary N) is 1. The Kier molecular flexibility index (Phi) is 4.54. The fraction of sp³-hybridized carbons (Fsp3) is 0.444. The molecule has 1 N–H and O–H groups in total. The second kappa shape index (κ2) is 6.95. The van der Waals surface area contributed by atoms with Crippen molar-refractivity contribution in [2.75, 3.05) is 24.6 Å². The Labute approximate surface area is 147 Å². The van der Waals surface area contributed by atoms with E-state index in [0.717, 1.165) is 48.9 Å². The topological polar surface area (TPSA) is 50.3 Å². The molecule has 0 radical (unpaired) electrons. The number of benzene rings is 1. The molecule has 1 atom stereocenters. The van der Waals surface area contributed by atoms with Crippen molar-refractivity contribution >= 4 is 17.5 Å². The molecule has 0 amide bonds. The molecular formula is C18H21ClN4O. The van der Waals surface area contributed by atoms with Crippen molar-refractivity contribution in [2.24, 2.45) is 0 Å². The standard InChI is InChI=1S/C18H21ClN4O/c19-15-5-3-4-14-16(6-9-24-17(14)15)20-10-13-11-21-18(22-12-13)23-7-1-2-8-23/h3-5,11-12,16,20H,1-2,6-10H2/t16-/m0/s1. The van der Waals surface area contributed by atoms with Gasteiger partial charge in [0.05, 0.1) is 11.6 Å². The number of rotatable bonds is 4. The van der Waals surface area contributed by atoms with Crippen LogP contribution in [0.2, 0.25) is 5.02 Å². The molecule has 24 heavy (non-hydrogen) atoms. The SMILES string of the molecule is Clc1cccc2c1OCC[C@@H]2NCc1cnc(N2CCCC2)nc1. The van der Waals surface area contributed by atoms with E-state index in [1.807, 2.05) is 24.5 Å². The lowest BCUT2D eigenvalue weighted by Gasteiger charge is -2.27. The Balaban J connectivity index is 1.41. The Morgan fingerprint density at radius 1 is 1.21 bits per heavy atom. The van der Waals surface area contributed by atoms with Gasteiger partial charge in [-0.25, -0.2) is 9.97 Å². The van der Waals surface area contributed by atoms with E-state index in [9.17, 15) is 0 Å². The molecule has 1 saturated heterocycles. The number of aromatic nitrogens is 2. The third-order valence-corrected chi connectivity index (χ3v) is 4.96. The molecule has 4 rings (SSSR count). The van der Waals surface area contributed by atoms with Crippen LogP contribution in [0.3, 0.4) is 0 Å². The molecule has 0 bridgehead atoms. The maximum atomic E-state index is 6.23. The summed E-state index contributed by atoms with van der Waals surface area (Å²) in [5.74, 6) is 1.66. The van der Waals surface area contributed by atoms with E-state index in [1.165, 1.54) is 12.8 Å². The molecule has 0 spiro atoms. The first-order valence-corrected chi connectivity index (χ1v) is 8.89. The molecule has 5 nitrogen and oxygen atoms in total. The predicted octanol–water partition coefficient (Wildman–Crippen LogP) is 3.34. The summed E-state index contributed by atoms with van der Waals surface area (Å²) >= 11 is 6.23. The Morgan fingerprint density at radius 2 is 2.00 bits per heavy atom. The van der Waals surface area contributed by atoms with Gasteiger partial charge >= 0.3 is 0 Å². The van der Waals surface area contributed by atoms with Gasteiger partial charge in [0, 0.05) is 55.6 Å². The average molecular weight is 345 g/mol. The first-order chi connectivity index (χ1) is 11.8. The lowest BCUT2D eigenvalue weighted by atomic mass is 10.0. The summed E-state index contributed by atoms with van der Waals surface area (Å²) in [4.78, 5) is 11.3. The molecule has 1 aromatic carbocycles. The highest BCUT2D eigenvalue weighted by Gasteiger charge is 2.23. The molecule has 2 aliphatic heterocycles. The zero-order chi connectivity index (χ0) is 16.4. The molecule has 0 saturated carbocycles. The molecule has 126 valence electrons. The van der Waals surface area contributed by atoms with Gasteiger partial charge in [0.15, 0.2) is 0 Å². The minimum atomic E-state index is 0.241. The van der Waals surface area contributed by atoms with Crippen molar-refractivity contribution in [1.29, 1.82) is 0 Å². The van der Waals surface area contributed by atoms with E-state index in [-0.39, 0.29) is 6.04 Å². The number of anilines is 1. The molecular weight excluding hydrogens is 324 g/mol. The summed E-state index contributed by atoms with van der Waals surface area (Å²) in [6.07, 6.45) is 7.24. The van der Waals surface area contributed by atoms with E-state index in [0.29, 0.717) is 11.6 Å².